The second-order valence-electron chi connectivity index (χ2n) is 10.2. The fourth-order valence-corrected chi connectivity index (χ4v) is 6.07. The van der Waals surface area contributed by atoms with Gasteiger partial charge in [-0.3, -0.25) is 5.01 Å². The van der Waals surface area contributed by atoms with Gasteiger partial charge in [0.1, 0.15) is 12.3 Å². The first-order chi connectivity index (χ1) is 19.6. The van der Waals surface area contributed by atoms with Gasteiger partial charge in [0.25, 0.3) is 0 Å². The number of hydrogen-bond acceptors (Lipinski definition) is 7. The molecule has 208 valence electrons. The molecular weight excluding hydrogens is 516 g/mol. The Morgan fingerprint density at radius 3 is 2.25 bits per heavy atom. The van der Waals surface area contributed by atoms with Gasteiger partial charge in [-0.1, -0.05) is 36.4 Å². The predicted molar refractivity (Wildman–Crippen MR) is 167 cm³/mol. The Morgan fingerprint density at radius 2 is 1.60 bits per heavy atom. The highest BCUT2D eigenvalue weighted by Crippen LogP contribution is 2.29. The molecular formula is C32H38N6OS. The lowest BCUT2D eigenvalue weighted by Gasteiger charge is -2.31. The molecule has 1 saturated heterocycles. The number of likely N-dealkylation sites (N-methyl/N-ethyl adjacent to an activating group) is 1. The third-order valence-electron chi connectivity index (χ3n) is 7.40. The summed E-state index contributed by atoms with van der Waals surface area (Å²) in [5.74, 6) is 0. The Morgan fingerprint density at radius 1 is 0.925 bits per heavy atom. The number of hydrazine groups is 1. The number of piperazine rings is 1. The second-order valence-corrected chi connectivity index (χ2v) is 11.3. The largest absolute Gasteiger partial charge is 0.343 e. The first kappa shape index (κ1) is 28.1. The summed E-state index contributed by atoms with van der Waals surface area (Å²) < 4.78 is 4.74. The van der Waals surface area contributed by atoms with Gasteiger partial charge in [0.15, 0.2) is 0 Å². The molecule has 7 nitrogen and oxygen atoms in total. The van der Waals surface area contributed by atoms with Crippen molar-refractivity contribution >= 4 is 34.8 Å². The van der Waals surface area contributed by atoms with Gasteiger partial charge in [0.05, 0.1) is 5.69 Å². The lowest BCUT2D eigenvalue weighted by atomic mass is 10.0. The lowest BCUT2D eigenvalue weighted by Crippen LogP contribution is -2.40. The third-order valence-corrected chi connectivity index (χ3v) is 8.51. The van der Waals surface area contributed by atoms with Gasteiger partial charge in [0.2, 0.25) is 0 Å². The van der Waals surface area contributed by atoms with Crippen molar-refractivity contribution in [2.75, 3.05) is 45.3 Å². The molecule has 0 saturated carbocycles. The van der Waals surface area contributed by atoms with Crippen molar-refractivity contribution in [3.63, 3.8) is 0 Å². The summed E-state index contributed by atoms with van der Waals surface area (Å²) in [6.07, 6.45) is 5.01. The second kappa shape index (κ2) is 12.8. The van der Waals surface area contributed by atoms with Crippen molar-refractivity contribution in [3.8, 4) is 11.1 Å². The van der Waals surface area contributed by atoms with Crippen LogP contribution in [-0.4, -0.2) is 66.4 Å². The standard InChI is InChI=1S/C31H33N5OS.CH5N/c1-23-19-28(22-37)32-36(23)29-9-12-31-27(20-29)13-14-34(31)21-24-3-5-25(6-4-24)26-7-10-30(11-8-26)38-35-17-15-33(2)16-18-35;1-2/h3-14,19-20,22,28,32H,15-18,21H2,1-2H3;2H2,1H3. The van der Waals surface area contributed by atoms with Crippen LogP contribution in [0, 0.1) is 0 Å². The van der Waals surface area contributed by atoms with E-state index in [-0.39, 0.29) is 6.04 Å². The van der Waals surface area contributed by atoms with E-state index in [1.807, 2.05) is 30.0 Å². The minimum absolute atomic E-state index is 0.267. The van der Waals surface area contributed by atoms with Gasteiger partial charge in [-0.2, -0.15) is 0 Å². The van der Waals surface area contributed by atoms with Gasteiger partial charge >= 0.3 is 0 Å². The number of aldehydes is 1. The van der Waals surface area contributed by atoms with Gasteiger partial charge in [-0.25, -0.2) is 9.73 Å². The summed E-state index contributed by atoms with van der Waals surface area (Å²) in [5, 5.41) is 3.16. The fourth-order valence-electron chi connectivity index (χ4n) is 5.17. The number of aromatic nitrogens is 1. The van der Waals surface area contributed by atoms with E-state index in [4.69, 9.17) is 0 Å². The number of anilines is 1. The predicted octanol–water partition coefficient (Wildman–Crippen LogP) is 4.98. The van der Waals surface area contributed by atoms with Crippen LogP contribution in [0.3, 0.4) is 0 Å². The third kappa shape index (κ3) is 6.32. The zero-order valence-electron chi connectivity index (χ0n) is 23.5. The van der Waals surface area contributed by atoms with Crippen molar-refractivity contribution in [1.82, 2.24) is 19.2 Å². The van der Waals surface area contributed by atoms with E-state index in [0.717, 1.165) is 50.4 Å². The van der Waals surface area contributed by atoms with Crippen LogP contribution >= 0.6 is 11.9 Å². The van der Waals surface area contributed by atoms with Crippen molar-refractivity contribution in [2.24, 2.45) is 5.73 Å². The Labute approximate surface area is 241 Å². The highest BCUT2D eigenvalue weighted by atomic mass is 32.2. The average Bonchev–Trinajstić information content (AvgIpc) is 3.58. The summed E-state index contributed by atoms with van der Waals surface area (Å²) in [7, 11) is 3.69. The van der Waals surface area contributed by atoms with Crippen molar-refractivity contribution in [3.05, 3.63) is 96.3 Å². The van der Waals surface area contributed by atoms with Crippen molar-refractivity contribution in [2.45, 2.75) is 24.4 Å². The molecule has 0 bridgehead atoms. The SMILES string of the molecule is CC1=CC(C=O)NN1c1ccc2c(ccn2Cc2ccc(-c3ccc(SN4CCN(C)CC4)cc3)cc2)c1.CN. The number of fused-ring (bicyclic) bond motifs is 1. The van der Waals surface area contributed by atoms with Crippen LogP contribution in [0.1, 0.15) is 12.5 Å². The van der Waals surface area contributed by atoms with Crippen LogP contribution in [0.25, 0.3) is 22.0 Å². The first-order valence-electron chi connectivity index (χ1n) is 13.7. The number of carbonyl (C=O) groups excluding carboxylic acids is 1. The van der Waals surface area contributed by atoms with Crippen LogP contribution < -0.4 is 16.2 Å². The maximum absolute atomic E-state index is 11.2. The highest BCUT2D eigenvalue weighted by Gasteiger charge is 2.21. The molecule has 4 aromatic rings. The molecule has 6 rings (SSSR count). The molecule has 1 aromatic heterocycles. The molecule has 3 heterocycles. The zero-order chi connectivity index (χ0) is 28.1. The molecule has 0 spiro atoms. The first-order valence-corrected chi connectivity index (χ1v) is 14.5. The van der Waals surface area contributed by atoms with Crippen LogP contribution in [0.2, 0.25) is 0 Å². The Balaban J connectivity index is 0.00000158. The smallest absolute Gasteiger partial charge is 0.142 e. The van der Waals surface area contributed by atoms with Crippen molar-refractivity contribution < 1.29 is 4.79 Å². The summed E-state index contributed by atoms with van der Waals surface area (Å²) in [6.45, 7) is 7.31. The van der Waals surface area contributed by atoms with E-state index in [2.05, 4.69) is 111 Å². The topological polar surface area (TPSA) is 69.8 Å². The molecule has 1 fully saturated rings. The quantitative estimate of drug-likeness (QED) is 0.247. The number of nitrogens with zero attached hydrogens (tertiary/aromatic N) is 4. The Bertz CT molecular complexity index is 1460. The summed E-state index contributed by atoms with van der Waals surface area (Å²) in [6, 6.07) is 26.1. The molecule has 0 aliphatic carbocycles. The van der Waals surface area contributed by atoms with E-state index >= 15 is 0 Å². The van der Waals surface area contributed by atoms with Gasteiger partial charge in [0, 0.05) is 60.4 Å². The van der Waals surface area contributed by atoms with Crippen molar-refractivity contribution in [1.29, 1.82) is 0 Å². The minimum atomic E-state index is -0.267. The fraction of sp³-hybridized carbons (Fsp3) is 0.281. The van der Waals surface area contributed by atoms with E-state index in [1.54, 1.807) is 0 Å². The van der Waals surface area contributed by atoms with Gasteiger partial charge in [-0.15, -0.1) is 0 Å². The van der Waals surface area contributed by atoms with Gasteiger partial charge < -0.3 is 20.0 Å². The van der Waals surface area contributed by atoms with E-state index < -0.39 is 0 Å². The number of hydrogen-bond donors (Lipinski definition) is 2. The van der Waals surface area contributed by atoms with E-state index in [1.165, 1.54) is 39.5 Å². The molecule has 3 aromatic carbocycles. The molecule has 1 atom stereocenters. The zero-order valence-corrected chi connectivity index (χ0v) is 24.3. The van der Waals surface area contributed by atoms with E-state index in [9.17, 15) is 4.79 Å². The molecule has 8 heteroatoms. The number of nitrogens with one attached hydrogen (secondary N) is 1. The summed E-state index contributed by atoms with van der Waals surface area (Å²) in [5.41, 5.74) is 14.7. The van der Waals surface area contributed by atoms with E-state index in [0.29, 0.717) is 0 Å². The molecule has 0 radical (unpaired) electrons. The van der Waals surface area contributed by atoms with Crippen LogP contribution in [-0.2, 0) is 11.3 Å². The summed E-state index contributed by atoms with van der Waals surface area (Å²) >= 11 is 1.87. The molecule has 0 amide bonds. The number of nitrogens with two attached hydrogens (primary N) is 1. The number of allylic oxidation sites excluding steroid dienone is 1. The minimum Gasteiger partial charge on any atom is -0.343 e. The Kier molecular flexibility index (Phi) is 9.04. The average molecular weight is 555 g/mol. The molecule has 1 unspecified atom stereocenters. The monoisotopic (exact) mass is 554 g/mol. The summed E-state index contributed by atoms with van der Waals surface area (Å²) in [4.78, 5) is 14.9. The maximum atomic E-state index is 11.2. The molecule has 3 N–H and O–H groups in total. The molecule has 2 aliphatic heterocycles. The highest BCUT2D eigenvalue weighted by molar-refractivity contribution is 7.97. The lowest BCUT2D eigenvalue weighted by molar-refractivity contribution is -0.108. The molecule has 2 aliphatic rings. The number of rotatable bonds is 7. The van der Waals surface area contributed by atoms with Crippen LogP contribution in [0.15, 0.2) is 95.7 Å². The normalized spacial score (nSPS) is 17.9. The van der Waals surface area contributed by atoms with Gasteiger partial charge in [-0.05, 0) is 92.1 Å². The Hall–Kier alpha value is -3.40. The van der Waals surface area contributed by atoms with Crippen LogP contribution in [0.4, 0.5) is 5.69 Å². The molecule has 40 heavy (non-hydrogen) atoms. The maximum Gasteiger partial charge on any atom is 0.142 e. The number of carbonyl (C=O) groups is 1. The van der Waals surface area contributed by atoms with Crippen LogP contribution in [0.5, 0.6) is 0 Å². The number of benzene rings is 3.